The number of nitrogens with one attached hydrogen (secondary N) is 1. The minimum atomic E-state index is -0.285. The number of carbonyl (C=O) groups excluding carboxylic acids is 2. The summed E-state index contributed by atoms with van der Waals surface area (Å²) in [7, 11) is 1.59. The normalized spacial score (nSPS) is 10.1. The van der Waals surface area contributed by atoms with E-state index in [1.807, 2.05) is 0 Å². The van der Waals surface area contributed by atoms with Gasteiger partial charge in [-0.15, -0.1) is 0 Å². The number of benzene rings is 2. The number of carbonyl (C=O) groups is 2. The fourth-order valence-corrected chi connectivity index (χ4v) is 2.33. The van der Waals surface area contributed by atoms with Gasteiger partial charge < -0.3 is 19.7 Å². The number of ether oxygens (including phenoxy) is 2. The van der Waals surface area contributed by atoms with Gasteiger partial charge in [-0.3, -0.25) is 9.59 Å². The molecule has 0 heterocycles. The summed E-state index contributed by atoms with van der Waals surface area (Å²) >= 11 is 5.81. The zero-order valence-electron chi connectivity index (χ0n) is 14.7. The molecule has 2 rings (SSSR count). The lowest BCUT2D eigenvalue weighted by molar-refractivity contribution is -0.133. The first kappa shape index (κ1) is 19.6. The molecule has 2 amide bonds. The molecule has 0 radical (unpaired) electrons. The highest BCUT2D eigenvalue weighted by atomic mass is 35.5. The van der Waals surface area contributed by atoms with E-state index in [2.05, 4.69) is 5.32 Å². The summed E-state index contributed by atoms with van der Waals surface area (Å²) in [5.74, 6) is 0.919. The van der Waals surface area contributed by atoms with E-state index in [-0.39, 0.29) is 25.0 Å². The van der Waals surface area contributed by atoms with Gasteiger partial charge in [-0.2, -0.15) is 0 Å². The van der Waals surface area contributed by atoms with Crippen LogP contribution in [0.5, 0.6) is 11.5 Å². The van der Waals surface area contributed by atoms with Crippen LogP contribution in [0.4, 0.5) is 5.69 Å². The SMILES string of the molecule is COc1ccc(OCCN(CC(=O)Nc2ccc(Cl)cc2)C(C)=O)cc1. The number of hydrogen-bond acceptors (Lipinski definition) is 4. The van der Waals surface area contributed by atoms with Gasteiger partial charge in [0.15, 0.2) is 0 Å². The van der Waals surface area contributed by atoms with E-state index in [1.54, 1.807) is 55.6 Å². The second-order valence-corrected chi connectivity index (χ2v) is 5.96. The third-order valence-corrected chi connectivity index (χ3v) is 3.85. The van der Waals surface area contributed by atoms with Crippen molar-refractivity contribution in [2.75, 3.05) is 32.1 Å². The van der Waals surface area contributed by atoms with Gasteiger partial charge in [-0.25, -0.2) is 0 Å². The van der Waals surface area contributed by atoms with Crippen molar-refractivity contribution in [3.05, 3.63) is 53.6 Å². The summed E-state index contributed by atoms with van der Waals surface area (Å²) in [5.41, 5.74) is 0.623. The van der Waals surface area contributed by atoms with E-state index in [4.69, 9.17) is 21.1 Å². The standard InChI is InChI=1S/C19H21ClN2O4/c1-14(23)22(11-12-26-18-9-7-17(25-2)8-10-18)13-19(24)21-16-5-3-15(20)4-6-16/h3-10H,11-13H2,1-2H3,(H,21,24). The largest absolute Gasteiger partial charge is 0.497 e. The molecule has 7 heteroatoms. The number of rotatable bonds is 8. The van der Waals surface area contributed by atoms with Crippen LogP contribution < -0.4 is 14.8 Å². The molecule has 2 aromatic rings. The summed E-state index contributed by atoms with van der Waals surface area (Å²) in [5, 5.41) is 3.32. The number of nitrogens with zero attached hydrogens (tertiary/aromatic N) is 1. The molecule has 0 atom stereocenters. The van der Waals surface area contributed by atoms with Gasteiger partial charge in [0.25, 0.3) is 0 Å². The van der Waals surface area contributed by atoms with Crippen molar-refractivity contribution in [2.45, 2.75) is 6.92 Å². The molecule has 0 bridgehead atoms. The quantitative estimate of drug-likeness (QED) is 0.768. The van der Waals surface area contributed by atoms with Crippen LogP contribution in [-0.2, 0) is 9.59 Å². The van der Waals surface area contributed by atoms with Gasteiger partial charge in [-0.05, 0) is 48.5 Å². The van der Waals surface area contributed by atoms with E-state index in [9.17, 15) is 9.59 Å². The summed E-state index contributed by atoms with van der Waals surface area (Å²) in [6, 6.07) is 13.9. The average molecular weight is 377 g/mol. The molecular weight excluding hydrogens is 356 g/mol. The third kappa shape index (κ3) is 6.29. The highest BCUT2D eigenvalue weighted by Gasteiger charge is 2.14. The Morgan fingerprint density at radius 3 is 2.23 bits per heavy atom. The molecule has 0 saturated carbocycles. The van der Waals surface area contributed by atoms with Crippen LogP contribution in [0.2, 0.25) is 5.02 Å². The van der Waals surface area contributed by atoms with Gasteiger partial charge >= 0.3 is 0 Å². The van der Waals surface area contributed by atoms with Crippen molar-refractivity contribution in [3.63, 3.8) is 0 Å². The van der Waals surface area contributed by atoms with E-state index < -0.39 is 0 Å². The first-order valence-corrected chi connectivity index (χ1v) is 8.43. The highest BCUT2D eigenvalue weighted by Crippen LogP contribution is 2.17. The van der Waals surface area contributed by atoms with Crippen LogP contribution in [0.25, 0.3) is 0 Å². The second kappa shape index (κ2) is 9.68. The van der Waals surface area contributed by atoms with Crippen LogP contribution >= 0.6 is 11.6 Å². The number of hydrogen-bond donors (Lipinski definition) is 1. The van der Waals surface area contributed by atoms with Crippen LogP contribution in [0.3, 0.4) is 0 Å². The lowest BCUT2D eigenvalue weighted by Crippen LogP contribution is -2.39. The van der Waals surface area contributed by atoms with Gasteiger partial charge in [0.1, 0.15) is 18.1 Å². The minimum absolute atomic E-state index is 0.0517. The summed E-state index contributed by atoms with van der Waals surface area (Å²) in [6.07, 6.45) is 0. The van der Waals surface area contributed by atoms with Gasteiger partial charge in [0.2, 0.25) is 11.8 Å². The lowest BCUT2D eigenvalue weighted by Gasteiger charge is -2.20. The van der Waals surface area contributed by atoms with E-state index in [1.165, 1.54) is 11.8 Å². The Bertz CT molecular complexity index is 732. The fraction of sp³-hybridized carbons (Fsp3) is 0.263. The molecule has 2 aromatic carbocycles. The zero-order chi connectivity index (χ0) is 18.9. The molecule has 0 aromatic heterocycles. The predicted octanol–water partition coefficient (Wildman–Crippen LogP) is 3.21. The molecular formula is C19H21ClN2O4. The third-order valence-electron chi connectivity index (χ3n) is 3.60. The summed E-state index contributed by atoms with van der Waals surface area (Å²) < 4.78 is 10.7. The Morgan fingerprint density at radius 2 is 1.65 bits per heavy atom. The smallest absolute Gasteiger partial charge is 0.243 e. The van der Waals surface area contributed by atoms with Crippen LogP contribution in [-0.4, -0.2) is 43.5 Å². The Kier molecular flexibility index (Phi) is 7.29. The number of amides is 2. The highest BCUT2D eigenvalue weighted by molar-refractivity contribution is 6.30. The molecule has 0 aliphatic carbocycles. The Labute approximate surface area is 157 Å². The number of halogens is 1. The van der Waals surface area contributed by atoms with Crippen molar-refractivity contribution in [1.29, 1.82) is 0 Å². The first-order valence-electron chi connectivity index (χ1n) is 8.05. The molecule has 1 N–H and O–H groups in total. The van der Waals surface area contributed by atoms with Crippen molar-refractivity contribution in [3.8, 4) is 11.5 Å². The molecule has 0 fully saturated rings. The second-order valence-electron chi connectivity index (χ2n) is 5.52. The predicted molar refractivity (Wildman–Crippen MR) is 101 cm³/mol. The molecule has 0 aliphatic rings. The van der Waals surface area contributed by atoms with Crippen LogP contribution in [0.15, 0.2) is 48.5 Å². The van der Waals surface area contributed by atoms with Crippen LogP contribution in [0, 0.1) is 0 Å². The monoisotopic (exact) mass is 376 g/mol. The van der Waals surface area contributed by atoms with Crippen LogP contribution in [0.1, 0.15) is 6.92 Å². The molecule has 26 heavy (non-hydrogen) atoms. The molecule has 0 spiro atoms. The Hall–Kier alpha value is -2.73. The van der Waals surface area contributed by atoms with E-state index in [0.717, 1.165) is 5.75 Å². The van der Waals surface area contributed by atoms with Gasteiger partial charge in [0, 0.05) is 17.6 Å². The summed E-state index contributed by atoms with van der Waals surface area (Å²) in [4.78, 5) is 25.3. The topological polar surface area (TPSA) is 67.9 Å². The number of methoxy groups -OCH3 is 1. The maximum Gasteiger partial charge on any atom is 0.243 e. The Morgan fingerprint density at radius 1 is 1.04 bits per heavy atom. The number of anilines is 1. The maximum atomic E-state index is 12.1. The van der Waals surface area contributed by atoms with Crippen molar-refractivity contribution in [2.24, 2.45) is 0 Å². The van der Waals surface area contributed by atoms with E-state index >= 15 is 0 Å². The molecule has 0 aliphatic heterocycles. The van der Waals surface area contributed by atoms with E-state index in [0.29, 0.717) is 23.0 Å². The minimum Gasteiger partial charge on any atom is -0.497 e. The van der Waals surface area contributed by atoms with Crippen molar-refractivity contribution >= 4 is 29.1 Å². The molecule has 138 valence electrons. The zero-order valence-corrected chi connectivity index (χ0v) is 15.5. The Balaban J connectivity index is 1.82. The molecule has 0 saturated heterocycles. The fourth-order valence-electron chi connectivity index (χ4n) is 2.20. The lowest BCUT2D eigenvalue weighted by atomic mass is 10.3. The first-order chi connectivity index (χ1) is 12.5. The average Bonchev–Trinajstić information content (AvgIpc) is 2.63. The van der Waals surface area contributed by atoms with Crippen molar-refractivity contribution < 1.29 is 19.1 Å². The summed E-state index contributed by atoms with van der Waals surface area (Å²) in [6.45, 7) is 1.95. The van der Waals surface area contributed by atoms with Gasteiger partial charge in [-0.1, -0.05) is 11.6 Å². The molecule has 0 unspecified atom stereocenters. The molecule has 6 nitrogen and oxygen atoms in total. The maximum absolute atomic E-state index is 12.1. The van der Waals surface area contributed by atoms with Gasteiger partial charge in [0.05, 0.1) is 20.2 Å². The van der Waals surface area contributed by atoms with Crippen molar-refractivity contribution in [1.82, 2.24) is 4.90 Å².